The summed E-state index contributed by atoms with van der Waals surface area (Å²) in [6, 6.07) is 11.0. The van der Waals surface area contributed by atoms with E-state index in [1.165, 1.54) is 18.2 Å². The van der Waals surface area contributed by atoms with Crippen molar-refractivity contribution in [3.63, 3.8) is 0 Å². The molecule has 1 aliphatic rings. The first-order valence-corrected chi connectivity index (χ1v) is 9.76. The van der Waals surface area contributed by atoms with E-state index in [2.05, 4.69) is 17.2 Å². The molecule has 2 N–H and O–H groups in total. The predicted molar refractivity (Wildman–Crippen MR) is 115 cm³/mol. The number of hydrogen-bond acceptors (Lipinski definition) is 5. The zero-order valence-electron chi connectivity index (χ0n) is 17.1. The van der Waals surface area contributed by atoms with E-state index >= 15 is 0 Å². The van der Waals surface area contributed by atoms with Gasteiger partial charge in [0, 0.05) is 32.4 Å². The SMILES string of the molecule is C=CCNC(=O)c1ccccc1NC(=O)c1ccc2c(c1)C(=O)N(CCCOC)C2=O. The van der Waals surface area contributed by atoms with Gasteiger partial charge in [-0.3, -0.25) is 24.1 Å². The van der Waals surface area contributed by atoms with Crippen LogP contribution in [0.25, 0.3) is 0 Å². The monoisotopic (exact) mass is 421 g/mol. The van der Waals surface area contributed by atoms with Gasteiger partial charge in [-0.15, -0.1) is 6.58 Å². The van der Waals surface area contributed by atoms with Crippen molar-refractivity contribution in [2.45, 2.75) is 6.42 Å². The van der Waals surface area contributed by atoms with Gasteiger partial charge in [0.1, 0.15) is 0 Å². The van der Waals surface area contributed by atoms with Crippen LogP contribution >= 0.6 is 0 Å². The Balaban J connectivity index is 1.79. The van der Waals surface area contributed by atoms with Gasteiger partial charge in [0.25, 0.3) is 23.6 Å². The van der Waals surface area contributed by atoms with E-state index in [4.69, 9.17) is 4.74 Å². The molecule has 0 bridgehead atoms. The lowest BCUT2D eigenvalue weighted by atomic mass is 10.0. The van der Waals surface area contributed by atoms with Gasteiger partial charge in [-0.05, 0) is 36.8 Å². The van der Waals surface area contributed by atoms with Crippen molar-refractivity contribution in [3.8, 4) is 0 Å². The van der Waals surface area contributed by atoms with Crippen LogP contribution in [0.1, 0.15) is 47.9 Å². The van der Waals surface area contributed by atoms with Crippen LogP contribution < -0.4 is 10.6 Å². The van der Waals surface area contributed by atoms with Crippen molar-refractivity contribution < 1.29 is 23.9 Å². The summed E-state index contributed by atoms with van der Waals surface area (Å²) in [7, 11) is 1.55. The molecule has 0 saturated carbocycles. The number of fused-ring (bicyclic) bond motifs is 1. The molecule has 0 aromatic heterocycles. The number of imide groups is 1. The standard InChI is InChI=1S/C23H23N3O5/c1-3-11-24-21(28)17-7-4-5-8-19(17)25-20(27)15-9-10-16-18(14-15)23(30)26(22(16)29)12-6-13-31-2/h3-5,7-10,14H,1,6,11-13H2,2H3,(H,24,28)(H,25,27). The Bertz CT molecular complexity index is 1050. The third-order valence-electron chi connectivity index (χ3n) is 4.79. The summed E-state index contributed by atoms with van der Waals surface area (Å²) in [4.78, 5) is 51.4. The number of rotatable bonds is 9. The van der Waals surface area contributed by atoms with E-state index < -0.39 is 11.8 Å². The second-order valence-corrected chi connectivity index (χ2v) is 6.87. The number of nitrogens with zero attached hydrogens (tertiary/aromatic N) is 1. The first-order chi connectivity index (χ1) is 15.0. The molecule has 0 unspecified atom stereocenters. The zero-order valence-corrected chi connectivity index (χ0v) is 17.1. The van der Waals surface area contributed by atoms with Crippen molar-refractivity contribution in [1.82, 2.24) is 10.2 Å². The molecule has 8 heteroatoms. The Kier molecular flexibility index (Phi) is 6.94. The summed E-state index contributed by atoms with van der Waals surface area (Å²) >= 11 is 0. The fourth-order valence-electron chi connectivity index (χ4n) is 3.25. The fraction of sp³-hybridized carbons (Fsp3) is 0.217. The molecule has 0 saturated heterocycles. The summed E-state index contributed by atoms with van der Waals surface area (Å²) in [5.41, 5.74) is 1.29. The number of carbonyl (C=O) groups is 4. The molecule has 2 aromatic rings. The first kappa shape index (κ1) is 21.9. The van der Waals surface area contributed by atoms with Gasteiger partial charge >= 0.3 is 0 Å². The zero-order chi connectivity index (χ0) is 22.4. The Morgan fingerprint density at radius 3 is 2.55 bits per heavy atom. The largest absolute Gasteiger partial charge is 0.385 e. The van der Waals surface area contributed by atoms with E-state index in [0.29, 0.717) is 30.8 Å². The first-order valence-electron chi connectivity index (χ1n) is 9.76. The highest BCUT2D eigenvalue weighted by Crippen LogP contribution is 2.25. The average Bonchev–Trinajstić information content (AvgIpc) is 3.02. The number of ether oxygens (including phenoxy) is 1. The van der Waals surface area contributed by atoms with Gasteiger partial charge in [-0.25, -0.2) is 0 Å². The maximum Gasteiger partial charge on any atom is 0.261 e. The molecular formula is C23H23N3O5. The number of benzene rings is 2. The van der Waals surface area contributed by atoms with Crippen LogP contribution in [0.4, 0.5) is 5.69 Å². The number of methoxy groups -OCH3 is 1. The van der Waals surface area contributed by atoms with Crippen LogP contribution in [0.3, 0.4) is 0 Å². The van der Waals surface area contributed by atoms with E-state index in [1.54, 1.807) is 37.5 Å². The summed E-state index contributed by atoms with van der Waals surface area (Å²) < 4.78 is 4.97. The predicted octanol–water partition coefficient (Wildman–Crippen LogP) is 2.49. The Morgan fingerprint density at radius 2 is 1.81 bits per heavy atom. The van der Waals surface area contributed by atoms with Gasteiger partial charge in [0.15, 0.2) is 0 Å². The van der Waals surface area contributed by atoms with Gasteiger partial charge in [0.05, 0.1) is 22.4 Å². The van der Waals surface area contributed by atoms with Crippen LogP contribution in [0.2, 0.25) is 0 Å². The average molecular weight is 421 g/mol. The van der Waals surface area contributed by atoms with Crippen LogP contribution in [0, 0.1) is 0 Å². The molecule has 0 radical (unpaired) electrons. The highest BCUT2D eigenvalue weighted by atomic mass is 16.5. The number of para-hydroxylation sites is 1. The third kappa shape index (κ3) is 4.70. The number of carbonyl (C=O) groups excluding carboxylic acids is 4. The molecule has 0 spiro atoms. The summed E-state index contributed by atoms with van der Waals surface area (Å²) in [6.07, 6.45) is 2.08. The normalized spacial score (nSPS) is 12.5. The maximum absolute atomic E-state index is 12.8. The molecule has 4 amide bonds. The molecule has 8 nitrogen and oxygen atoms in total. The van der Waals surface area contributed by atoms with Crippen LogP contribution in [-0.2, 0) is 4.74 Å². The number of anilines is 1. The lowest BCUT2D eigenvalue weighted by Crippen LogP contribution is -2.31. The molecule has 31 heavy (non-hydrogen) atoms. The molecule has 1 aliphatic heterocycles. The number of nitrogens with one attached hydrogen (secondary N) is 2. The third-order valence-corrected chi connectivity index (χ3v) is 4.79. The van der Waals surface area contributed by atoms with Gasteiger partial charge < -0.3 is 15.4 Å². The molecule has 0 atom stereocenters. The van der Waals surface area contributed by atoms with E-state index in [9.17, 15) is 19.2 Å². The minimum absolute atomic E-state index is 0.187. The minimum atomic E-state index is -0.496. The fourth-order valence-corrected chi connectivity index (χ4v) is 3.25. The maximum atomic E-state index is 12.8. The van der Waals surface area contributed by atoms with Gasteiger partial charge in [-0.2, -0.15) is 0 Å². The highest BCUT2D eigenvalue weighted by Gasteiger charge is 2.35. The Labute approximate surface area is 179 Å². The molecule has 1 heterocycles. The lowest BCUT2D eigenvalue weighted by Gasteiger charge is -2.12. The second kappa shape index (κ2) is 9.82. The van der Waals surface area contributed by atoms with E-state index in [-0.39, 0.29) is 35.0 Å². The van der Waals surface area contributed by atoms with Gasteiger partial charge in [-0.1, -0.05) is 18.2 Å². The van der Waals surface area contributed by atoms with Crippen molar-refractivity contribution in [2.24, 2.45) is 0 Å². The van der Waals surface area contributed by atoms with Crippen LogP contribution in [-0.4, -0.2) is 55.3 Å². The van der Waals surface area contributed by atoms with Crippen molar-refractivity contribution in [3.05, 3.63) is 77.4 Å². The molecule has 0 aliphatic carbocycles. The van der Waals surface area contributed by atoms with E-state index in [0.717, 1.165) is 4.90 Å². The number of hydrogen-bond donors (Lipinski definition) is 2. The quantitative estimate of drug-likeness (QED) is 0.368. The lowest BCUT2D eigenvalue weighted by molar-refractivity contribution is 0.0638. The molecule has 3 rings (SSSR count). The highest BCUT2D eigenvalue weighted by molar-refractivity contribution is 6.22. The summed E-state index contributed by atoms with van der Waals surface area (Å²) in [6.45, 7) is 4.53. The Hall–Kier alpha value is -3.78. The summed E-state index contributed by atoms with van der Waals surface area (Å²) in [5.74, 6) is -1.66. The van der Waals surface area contributed by atoms with Crippen LogP contribution in [0.15, 0.2) is 55.1 Å². The molecular weight excluding hydrogens is 398 g/mol. The number of amides is 4. The Morgan fingerprint density at radius 1 is 1.06 bits per heavy atom. The molecule has 2 aromatic carbocycles. The van der Waals surface area contributed by atoms with Gasteiger partial charge in [0.2, 0.25) is 0 Å². The van der Waals surface area contributed by atoms with Crippen molar-refractivity contribution in [1.29, 1.82) is 0 Å². The van der Waals surface area contributed by atoms with Crippen molar-refractivity contribution in [2.75, 3.05) is 32.1 Å². The second-order valence-electron chi connectivity index (χ2n) is 6.87. The summed E-state index contributed by atoms with van der Waals surface area (Å²) in [5, 5.41) is 5.37. The van der Waals surface area contributed by atoms with E-state index in [1.807, 2.05) is 0 Å². The van der Waals surface area contributed by atoms with Crippen molar-refractivity contribution >= 4 is 29.3 Å². The topological polar surface area (TPSA) is 105 Å². The molecule has 0 fully saturated rings. The minimum Gasteiger partial charge on any atom is -0.385 e. The smallest absolute Gasteiger partial charge is 0.261 e. The molecule has 160 valence electrons. The van der Waals surface area contributed by atoms with Crippen LogP contribution in [0.5, 0.6) is 0 Å².